The van der Waals surface area contributed by atoms with Gasteiger partial charge in [0, 0.05) is 36.0 Å². The van der Waals surface area contributed by atoms with Gasteiger partial charge in [-0.25, -0.2) is 18.2 Å². The van der Waals surface area contributed by atoms with Crippen LogP contribution in [0.3, 0.4) is 0 Å². The fourth-order valence-electron chi connectivity index (χ4n) is 8.88. The SMILES string of the molecule is C=CC1CC1(NC(=O)C1CC(Oc2cc(-c3ccccc3)nc3c2OC2(C)CC=C(OC)C=C32)CN1C(=O)C(NC(=O)OC1CCCC1)C(C)(C)C)C(=O)NS(=O)(=O)C1CC1. The van der Waals surface area contributed by atoms with Crippen LogP contribution in [-0.4, -0.2) is 96.5 Å². The Morgan fingerprint density at radius 1 is 1.07 bits per heavy atom. The van der Waals surface area contributed by atoms with Gasteiger partial charge in [0.15, 0.2) is 11.5 Å². The number of fused-ring (bicyclic) bond motifs is 3. The van der Waals surface area contributed by atoms with E-state index in [0.717, 1.165) is 36.8 Å². The quantitative estimate of drug-likeness (QED) is 0.221. The Balaban J connectivity index is 1.12. The van der Waals surface area contributed by atoms with Crippen molar-refractivity contribution >= 4 is 39.4 Å². The number of ether oxygens (including phenoxy) is 4. The summed E-state index contributed by atoms with van der Waals surface area (Å²) in [5.41, 5.74) is -0.321. The molecular weight excluding hydrogens is 803 g/mol. The van der Waals surface area contributed by atoms with Crippen molar-refractivity contribution in [3.05, 3.63) is 72.7 Å². The molecule has 1 aromatic heterocycles. The van der Waals surface area contributed by atoms with Gasteiger partial charge >= 0.3 is 6.09 Å². The highest BCUT2D eigenvalue weighted by Crippen LogP contribution is 2.53. The Morgan fingerprint density at radius 3 is 2.43 bits per heavy atom. The molecule has 3 N–H and O–H groups in total. The number of benzene rings is 1. The number of pyridine rings is 1. The van der Waals surface area contributed by atoms with Gasteiger partial charge in [-0.3, -0.25) is 19.1 Å². The van der Waals surface area contributed by atoms with Crippen LogP contribution >= 0.6 is 0 Å². The Morgan fingerprint density at radius 2 is 1.79 bits per heavy atom. The van der Waals surface area contributed by atoms with Gasteiger partial charge in [-0.1, -0.05) is 57.2 Å². The largest absolute Gasteiger partial charge is 0.497 e. The molecule has 6 atom stereocenters. The van der Waals surface area contributed by atoms with E-state index in [4.69, 9.17) is 23.9 Å². The van der Waals surface area contributed by atoms with E-state index >= 15 is 0 Å². The maximum absolute atomic E-state index is 14.9. The molecule has 3 heterocycles. The minimum absolute atomic E-state index is 0.00903. The van der Waals surface area contributed by atoms with Gasteiger partial charge in [0.25, 0.3) is 5.91 Å². The molecule has 2 aromatic rings. The highest BCUT2D eigenvalue weighted by molar-refractivity contribution is 7.91. The fourth-order valence-corrected chi connectivity index (χ4v) is 10.2. The number of aromatic nitrogens is 1. The van der Waals surface area contributed by atoms with E-state index in [0.29, 0.717) is 47.9 Å². The minimum atomic E-state index is -3.93. The van der Waals surface area contributed by atoms with E-state index in [1.807, 2.05) is 70.2 Å². The molecule has 326 valence electrons. The van der Waals surface area contributed by atoms with E-state index in [1.165, 1.54) is 11.0 Å². The van der Waals surface area contributed by atoms with Crippen molar-refractivity contribution in [1.29, 1.82) is 0 Å². The maximum atomic E-state index is 14.9. The van der Waals surface area contributed by atoms with Crippen molar-refractivity contribution in [3.8, 4) is 22.8 Å². The number of nitrogens with zero attached hydrogens (tertiary/aromatic N) is 2. The van der Waals surface area contributed by atoms with E-state index in [2.05, 4.69) is 21.9 Å². The predicted molar refractivity (Wildman–Crippen MR) is 225 cm³/mol. The van der Waals surface area contributed by atoms with Crippen molar-refractivity contribution in [2.24, 2.45) is 11.3 Å². The Hall–Kier alpha value is -5.38. The van der Waals surface area contributed by atoms with Crippen LogP contribution < -0.4 is 24.8 Å². The molecule has 4 fully saturated rings. The van der Waals surface area contributed by atoms with Gasteiger partial charge in [0.05, 0.1) is 24.6 Å². The average molecular weight is 858 g/mol. The number of allylic oxidation sites excluding steroid dienone is 1. The zero-order chi connectivity index (χ0) is 43.5. The summed E-state index contributed by atoms with van der Waals surface area (Å²) in [4.78, 5) is 62.9. The summed E-state index contributed by atoms with van der Waals surface area (Å²) in [5.74, 6) is -1.16. The first-order valence-corrected chi connectivity index (χ1v) is 22.7. The first-order chi connectivity index (χ1) is 28.9. The Kier molecular flexibility index (Phi) is 11.0. The van der Waals surface area contributed by atoms with Gasteiger partial charge in [0.1, 0.15) is 46.9 Å². The molecule has 4 amide bonds. The molecule has 6 aliphatic rings. The lowest BCUT2D eigenvalue weighted by Crippen LogP contribution is -2.60. The number of alkyl carbamates (subject to hydrolysis) is 1. The third-order valence-electron chi connectivity index (χ3n) is 12.7. The van der Waals surface area contributed by atoms with Crippen molar-refractivity contribution in [1.82, 2.24) is 25.2 Å². The summed E-state index contributed by atoms with van der Waals surface area (Å²) in [7, 11) is -2.33. The van der Waals surface area contributed by atoms with Crippen LogP contribution in [0.15, 0.2) is 67.0 Å². The van der Waals surface area contributed by atoms with Crippen LogP contribution in [-0.2, 0) is 33.9 Å². The number of nitrogens with one attached hydrogen (secondary N) is 3. The molecule has 15 nitrogen and oxygen atoms in total. The number of likely N-dealkylation sites (tertiary alicyclic amines) is 1. The summed E-state index contributed by atoms with van der Waals surface area (Å²) in [6.45, 7) is 11.1. The zero-order valence-electron chi connectivity index (χ0n) is 35.3. The van der Waals surface area contributed by atoms with Gasteiger partial charge in [-0.05, 0) is 69.4 Å². The van der Waals surface area contributed by atoms with Crippen LogP contribution in [0.2, 0.25) is 0 Å². The molecule has 61 heavy (non-hydrogen) atoms. The molecular formula is C45H55N5O10S. The molecule has 2 aliphatic heterocycles. The lowest BCUT2D eigenvalue weighted by Gasteiger charge is -2.35. The number of sulfonamides is 1. The second-order valence-corrected chi connectivity index (χ2v) is 20.3. The number of rotatable bonds is 13. The van der Waals surface area contributed by atoms with Gasteiger partial charge in [0.2, 0.25) is 21.8 Å². The summed E-state index contributed by atoms with van der Waals surface area (Å²) in [6.07, 6.45) is 8.54. The second-order valence-electron chi connectivity index (χ2n) is 18.4. The highest BCUT2D eigenvalue weighted by Gasteiger charge is 2.62. The molecule has 0 spiro atoms. The van der Waals surface area contributed by atoms with Crippen LogP contribution in [0.25, 0.3) is 16.8 Å². The van der Waals surface area contributed by atoms with E-state index in [1.54, 1.807) is 13.2 Å². The van der Waals surface area contributed by atoms with E-state index in [-0.39, 0.29) is 25.5 Å². The van der Waals surface area contributed by atoms with Gasteiger partial charge < -0.3 is 34.5 Å². The number of hydrogen-bond acceptors (Lipinski definition) is 11. The first kappa shape index (κ1) is 42.3. The predicted octanol–water partition coefficient (Wildman–Crippen LogP) is 5.32. The lowest BCUT2D eigenvalue weighted by molar-refractivity contribution is -0.143. The van der Waals surface area contributed by atoms with Crippen LogP contribution in [0.5, 0.6) is 11.5 Å². The van der Waals surface area contributed by atoms with Crippen molar-refractivity contribution in [3.63, 3.8) is 0 Å². The fraction of sp³-hybridized carbons (Fsp3) is 0.533. The summed E-state index contributed by atoms with van der Waals surface area (Å²) in [5, 5.41) is 4.99. The molecule has 8 rings (SSSR count). The lowest BCUT2D eigenvalue weighted by atomic mass is 9.85. The third-order valence-corrected chi connectivity index (χ3v) is 14.5. The number of carbonyl (C=O) groups is 4. The maximum Gasteiger partial charge on any atom is 0.408 e. The Bertz CT molecular complexity index is 2300. The van der Waals surface area contributed by atoms with E-state index < -0.39 is 79.7 Å². The van der Waals surface area contributed by atoms with E-state index in [9.17, 15) is 27.6 Å². The number of methoxy groups -OCH3 is 1. The average Bonchev–Trinajstić information content (AvgIpc) is 4.06. The van der Waals surface area contributed by atoms with Crippen molar-refractivity contribution < 1.29 is 46.5 Å². The highest BCUT2D eigenvalue weighted by atomic mass is 32.2. The van der Waals surface area contributed by atoms with Crippen molar-refractivity contribution in [2.75, 3.05) is 13.7 Å². The summed E-state index contributed by atoms with van der Waals surface area (Å²) < 4.78 is 52.7. The molecule has 16 heteroatoms. The van der Waals surface area contributed by atoms with Crippen LogP contribution in [0.1, 0.15) is 91.2 Å². The van der Waals surface area contributed by atoms with Gasteiger partial charge in [-0.2, -0.15) is 0 Å². The topological polar surface area (TPSA) is 192 Å². The molecule has 1 saturated heterocycles. The number of amides is 4. The van der Waals surface area contributed by atoms with Crippen molar-refractivity contribution in [2.45, 2.75) is 126 Å². The normalized spacial score (nSPS) is 27.3. The molecule has 0 radical (unpaired) electrons. The molecule has 3 saturated carbocycles. The summed E-state index contributed by atoms with van der Waals surface area (Å²) >= 11 is 0. The zero-order valence-corrected chi connectivity index (χ0v) is 36.1. The monoisotopic (exact) mass is 857 g/mol. The minimum Gasteiger partial charge on any atom is -0.497 e. The van der Waals surface area contributed by atoms with Gasteiger partial charge in [-0.15, -0.1) is 6.58 Å². The Labute approximate surface area is 356 Å². The molecule has 6 unspecified atom stereocenters. The summed E-state index contributed by atoms with van der Waals surface area (Å²) in [6, 6.07) is 9.09. The third kappa shape index (κ3) is 8.35. The van der Waals surface area contributed by atoms with Crippen LogP contribution in [0.4, 0.5) is 4.79 Å². The standard InChI is InChI=1S/C45H55N5O10S/c1-7-27-24-45(27,41(53)49-61(55,56)31-17-18-31)48-39(51)34-22-30(25-50(34)40(52)38(43(2,3)4)47-42(54)59-28-15-11-12-16-28)58-35-23-33(26-13-9-8-10-14-26)46-36-32-21-29(57-6)19-20-44(32,5)60-37(35)36/h7-10,13-14,19,21,23,27-28,30-31,34,38H,1,11-12,15-18,20,22,24-25H2,2-6H3,(H,47,54)(H,48,51)(H,49,53). The first-order valence-electron chi connectivity index (χ1n) is 21.2. The van der Waals surface area contributed by atoms with Crippen LogP contribution in [0, 0.1) is 11.3 Å². The number of hydrogen-bond donors (Lipinski definition) is 3. The molecule has 1 aromatic carbocycles. The number of carbonyl (C=O) groups excluding carboxylic acids is 4. The smallest absolute Gasteiger partial charge is 0.408 e. The molecule has 0 bridgehead atoms. The molecule has 4 aliphatic carbocycles. The second kappa shape index (κ2) is 15.8.